The number of carboxylic acid groups (broad SMARTS) is 1. The van der Waals surface area contributed by atoms with E-state index in [4.69, 9.17) is 5.73 Å². The molecule has 1 aromatic heterocycles. The van der Waals surface area contributed by atoms with E-state index < -0.39 is 53.6 Å². The number of alkyl halides is 3. The first-order valence-corrected chi connectivity index (χ1v) is 11.8. The van der Waals surface area contributed by atoms with Gasteiger partial charge in [0.1, 0.15) is 24.2 Å². The van der Waals surface area contributed by atoms with Gasteiger partial charge in [0.15, 0.2) is 5.13 Å². The molecule has 18 heteroatoms. The van der Waals surface area contributed by atoms with Crippen LogP contribution >= 0.6 is 23.3 Å². The minimum Gasteiger partial charge on any atom is -0.477 e. The zero-order valence-corrected chi connectivity index (χ0v) is 19.7. The molecule has 0 unspecified atom stereocenters. The lowest BCUT2D eigenvalue weighted by molar-refractivity contribution is -0.234. The van der Waals surface area contributed by atoms with Crippen LogP contribution in [0.5, 0.6) is 0 Å². The molecule has 0 bridgehead atoms. The number of anilines is 1. The Balaban J connectivity index is 1.55. The molecule has 2 saturated heterocycles. The molecule has 3 aliphatic rings. The van der Waals surface area contributed by atoms with Crippen molar-refractivity contribution in [3.63, 3.8) is 0 Å². The lowest BCUT2D eigenvalue weighted by Crippen LogP contribution is -2.71. The molecule has 13 nitrogen and oxygen atoms in total. The first-order chi connectivity index (χ1) is 16.9. The number of nitrogen functional groups attached to an aromatic ring is 1. The fourth-order valence-corrected chi connectivity index (χ4v) is 5.51. The number of aliphatic carboxylic acids is 1. The van der Waals surface area contributed by atoms with Gasteiger partial charge in [0.05, 0.1) is 0 Å². The molecular weight excluding hydrogens is 531 g/mol. The Labute approximate surface area is 208 Å². The van der Waals surface area contributed by atoms with Crippen LogP contribution in [0.15, 0.2) is 28.1 Å². The number of carbonyl (C=O) groups excluding carboxylic acids is 3. The summed E-state index contributed by atoms with van der Waals surface area (Å²) >= 11 is 1.88. The molecule has 0 aromatic carbocycles. The normalized spacial score (nSPS) is 23.7. The van der Waals surface area contributed by atoms with Crippen LogP contribution in [0.2, 0.25) is 0 Å². The Kier molecular flexibility index (Phi) is 6.65. The molecule has 36 heavy (non-hydrogen) atoms. The number of nitrogens with zero attached hydrogens (tertiary/aromatic N) is 5. The highest BCUT2D eigenvalue weighted by Crippen LogP contribution is 2.41. The molecule has 0 radical (unpaired) electrons. The van der Waals surface area contributed by atoms with Crippen LogP contribution in [0, 0.1) is 0 Å². The SMILES string of the molecule is CO/N=C(\C(=O)N[C@@H]1C(=O)N2C(C(=O)O)=C(/C=C3\CCN(C(F)(F)F)C3=O)CS[C@H]12)c1nsc(N)n1. The summed E-state index contributed by atoms with van der Waals surface area (Å²) in [6.45, 7) is -0.582. The Bertz CT molecular complexity index is 1240. The van der Waals surface area contributed by atoms with Gasteiger partial charge in [0, 0.05) is 29.4 Å². The third kappa shape index (κ3) is 4.48. The minimum absolute atomic E-state index is 0.0121. The van der Waals surface area contributed by atoms with Crippen LogP contribution in [0.1, 0.15) is 12.2 Å². The number of carbonyl (C=O) groups is 4. The summed E-state index contributed by atoms with van der Waals surface area (Å²) in [6, 6.07) is -1.14. The predicted octanol–water partition coefficient (Wildman–Crippen LogP) is -0.112. The summed E-state index contributed by atoms with van der Waals surface area (Å²) in [5.41, 5.74) is 4.49. The molecule has 0 saturated carbocycles. The van der Waals surface area contributed by atoms with Gasteiger partial charge in [-0.3, -0.25) is 19.3 Å². The monoisotopic (exact) mass is 547 g/mol. The van der Waals surface area contributed by atoms with Crippen LogP contribution < -0.4 is 11.1 Å². The standard InChI is InChI=1S/C18H16F3N7O6S2/c1-34-25-8(11-24-17(22)36-26-11)12(29)23-9-14(31)28-10(16(32)33)7(5-35-15(9)28)4-6-2-3-27(13(6)30)18(19,20)21/h4,9,15H,2-3,5H2,1H3,(H,23,29)(H,32,33)(H2,22,24,26)/b6-4+,25-8-/t9-,15-/m1/s1. The quantitative estimate of drug-likeness (QED) is 0.143. The summed E-state index contributed by atoms with van der Waals surface area (Å²) in [6.07, 6.45) is -4.00. The van der Waals surface area contributed by atoms with E-state index in [1.165, 1.54) is 7.11 Å². The van der Waals surface area contributed by atoms with Gasteiger partial charge in [-0.2, -0.15) is 9.36 Å². The average molecular weight is 547 g/mol. The third-order valence-corrected chi connectivity index (χ3v) is 7.16. The number of hydrogen-bond donors (Lipinski definition) is 3. The Morgan fingerprint density at radius 2 is 2.08 bits per heavy atom. The smallest absolute Gasteiger partial charge is 0.477 e. The van der Waals surface area contributed by atoms with E-state index >= 15 is 0 Å². The number of amides is 3. The van der Waals surface area contributed by atoms with Gasteiger partial charge >= 0.3 is 12.3 Å². The van der Waals surface area contributed by atoms with Gasteiger partial charge in [0.2, 0.25) is 11.5 Å². The van der Waals surface area contributed by atoms with Gasteiger partial charge in [-0.05, 0) is 18.1 Å². The van der Waals surface area contributed by atoms with Gasteiger partial charge in [-0.1, -0.05) is 5.16 Å². The van der Waals surface area contributed by atoms with Crippen molar-refractivity contribution in [2.75, 3.05) is 25.1 Å². The first-order valence-electron chi connectivity index (χ1n) is 9.96. The Morgan fingerprint density at radius 3 is 2.64 bits per heavy atom. The predicted molar refractivity (Wildman–Crippen MR) is 118 cm³/mol. The number of thioether (sulfide) groups is 1. The number of hydrogen-bond acceptors (Lipinski definition) is 11. The number of likely N-dealkylation sites (tertiary alicyclic amines) is 1. The fourth-order valence-electron chi connectivity index (χ4n) is 3.77. The fraction of sp³-hybridized carbons (Fsp3) is 0.389. The first kappa shape index (κ1) is 25.4. The van der Waals surface area contributed by atoms with Crippen molar-refractivity contribution in [2.24, 2.45) is 5.16 Å². The number of fused-ring (bicyclic) bond motifs is 1. The minimum atomic E-state index is -4.85. The van der Waals surface area contributed by atoms with Crippen LogP contribution in [0.4, 0.5) is 18.3 Å². The summed E-state index contributed by atoms with van der Waals surface area (Å²) in [4.78, 5) is 58.8. The maximum atomic E-state index is 13.0. The molecule has 3 aliphatic heterocycles. The van der Waals surface area contributed by atoms with Gasteiger partial charge in [-0.25, -0.2) is 9.69 Å². The lowest BCUT2D eigenvalue weighted by Gasteiger charge is -2.49. The number of nitrogens with two attached hydrogens (primary N) is 1. The molecule has 0 spiro atoms. The Morgan fingerprint density at radius 1 is 1.36 bits per heavy atom. The Hall–Kier alpha value is -3.67. The zero-order valence-electron chi connectivity index (χ0n) is 18.1. The van der Waals surface area contributed by atoms with Gasteiger partial charge in [0.25, 0.3) is 17.7 Å². The highest BCUT2D eigenvalue weighted by atomic mass is 32.2. The number of allylic oxidation sites excluding steroid dienone is 1. The lowest BCUT2D eigenvalue weighted by atomic mass is 10.0. The second kappa shape index (κ2) is 9.41. The molecule has 2 atom stereocenters. The van der Waals surface area contributed by atoms with Crippen molar-refractivity contribution < 1.29 is 42.3 Å². The molecule has 1 aromatic rings. The van der Waals surface area contributed by atoms with Crippen molar-refractivity contribution in [1.82, 2.24) is 24.5 Å². The van der Waals surface area contributed by atoms with E-state index in [1.54, 1.807) is 0 Å². The highest BCUT2D eigenvalue weighted by Gasteiger charge is 2.54. The molecule has 4 N–H and O–H groups in total. The molecule has 4 heterocycles. The highest BCUT2D eigenvalue weighted by molar-refractivity contribution is 8.00. The number of nitrogens with one attached hydrogen (secondary N) is 1. The number of carboxylic acids is 1. The number of aromatic nitrogens is 2. The summed E-state index contributed by atoms with van der Waals surface area (Å²) in [5, 5.41) is 15.0. The van der Waals surface area contributed by atoms with E-state index in [-0.39, 0.29) is 44.9 Å². The van der Waals surface area contributed by atoms with Gasteiger partial charge in [-0.15, -0.1) is 24.9 Å². The largest absolute Gasteiger partial charge is 0.487 e. The van der Waals surface area contributed by atoms with Crippen molar-refractivity contribution in [3.05, 3.63) is 28.7 Å². The van der Waals surface area contributed by atoms with Crippen LogP contribution in [-0.4, -0.2) is 90.8 Å². The average Bonchev–Trinajstić information content (AvgIpc) is 3.40. The number of rotatable bonds is 6. The van der Waals surface area contributed by atoms with E-state index in [1.807, 2.05) is 0 Å². The molecule has 0 aliphatic carbocycles. The number of oxime groups is 1. The molecule has 4 rings (SSSR count). The van der Waals surface area contributed by atoms with Crippen LogP contribution in [0.3, 0.4) is 0 Å². The molecule has 192 valence electrons. The third-order valence-electron chi connectivity index (χ3n) is 5.32. The zero-order chi connectivity index (χ0) is 26.4. The van der Waals surface area contributed by atoms with Crippen molar-refractivity contribution >= 4 is 57.8 Å². The van der Waals surface area contributed by atoms with E-state index in [9.17, 15) is 37.5 Å². The molecule has 3 amide bonds. The molecule has 2 fully saturated rings. The maximum Gasteiger partial charge on any atom is 0.487 e. The van der Waals surface area contributed by atoms with Crippen LogP contribution in [0.25, 0.3) is 0 Å². The van der Waals surface area contributed by atoms with Gasteiger partial charge < -0.3 is 21.0 Å². The van der Waals surface area contributed by atoms with Crippen molar-refractivity contribution in [1.29, 1.82) is 0 Å². The topological polar surface area (TPSA) is 180 Å². The molecular formula is C18H16F3N7O6S2. The second-order valence-corrected chi connectivity index (χ2v) is 9.35. The van der Waals surface area contributed by atoms with E-state index in [2.05, 4.69) is 24.7 Å². The second-order valence-electron chi connectivity index (χ2n) is 7.46. The van der Waals surface area contributed by atoms with E-state index in [0.29, 0.717) is 0 Å². The van der Waals surface area contributed by atoms with Crippen molar-refractivity contribution in [3.8, 4) is 0 Å². The maximum absolute atomic E-state index is 13.0. The van der Waals surface area contributed by atoms with E-state index in [0.717, 1.165) is 34.3 Å². The summed E-state index contributed by atoms with van der Waals surface area (Å²) in [5.74, 6) is -4.59. The van der Waals surface area contributed by atoms with Crippen LogP contribution in [-0.2, 0) is 24.0 Å². The number of halogens is 3. The summed E-state index contributed by atoms with van der Waals surface area (Å²) in [7, 11) is 1.18. The number of β-lactam (4-membered cyclic amide) rings is 1. The van der Waals surface area contributed by atoms with Crippen molar-refractivity contribution in [2.45, 2.75) is 24.1 Å². The summed E-state index contributed by atoms with van der Waals surface area (Å²) < 4.78 is 42.7.